The molecular weight excluding hydrogens is 342 g/mol. The molecule has 0 bridgehead atoms. The summed E-state index contributed by atoms with van der Waals surface area (Å²) in [4.78, 5) is 6.56. The fourth-order valence-electron chi connectivity index (χ4n) is 2.38. The average Bonchev–Trinajstić information content (AvgIpc) is 2.61. The Labute approximate surface area is 153 Å². The van der Waals surface area contributed by atoms with Gasteiger partial charge in [0.2, 0.25) is 0 Å². The molecule has 128 valence electrons. The zero-order chi connectivity index (χ0) is 17.4. The molecule has 0 aliphatic carbocycles. The lowest BCUT2D eigenvalue weighted by atomic mass is 10.2. The van der Waals surface area contributed by atoms with Gasteiger partial charge in [-0.1, -0.05) is 29.8 Å². The zero-order valence-electron chi connectivity index (χ0n) is 13.9. The van der Waals surface area contributed by atoms with E-state index in [2.05, 4.69) is 22.1 Å². The van der Waals surface area contributed by atoms with E-state index in [9.17, 15) is 0 Å². The van der Waals surface area contributed by atoms with E-state index in [4.69, 9.17) is 28.6 Å². The molecular formula is C18H22ClN3OS. The second kappa shape index (κ2) is 9.57. The van der Waals surface area contributed by atoms with E-state index in [1.165, 1.54) is 0 Å². The number of hydrogen-bond acceptors (Lipinski definition) is 3. The summed E-state index contributed by atoms with van der Waals surface area (Å²) >= 11 is 11.9. The van der Waals surface area contributed by atoms with Crippen molar-refractivity contribution in [2.24, 2.45) is 0 Å². The molecule has 24 heavy (non-hydrogen) atoms. The summed E-state index contributed by atoms with van der Waals surface area (Å²) in [5.41, 5.74) is 1.77. The first kappa shape index (κ1) is 18.6. The predicted octanol–water partition coefficient (Wildman–Crippen LogP) is 4.53. The minimum absolute atomic E-state index is 0.0468. The standard InChI is InChI=1S/C18H22ClN3OS/c1-14(16-9-5-6-11-20-16)22(12-7-13-23-2)18(24)21-17-10-4-3-8-15(17)19/h3-6,8-11,14H,7,12-13H2,1-2H3,(H,21,24)/t14-/m0/s1. The Morgan fingerprint density at radius 1 is 1.29 bits per heavy atom. The molecule has 0 spiro atoms. The molecule has 1 N–H and O–H groups in total. The second-order valence-electron chi connectivity index (χ2n) is 5.38. The first-order valence-electron chi connectivity index (χ1n) is 7.85. The molecule has 2 rings (SSSR count). The van der Waals surface area contributed by atoms with E-state index in [1.807, 2.05) is 42.5 Å². The van der Waals surface area contributed by atoms with Crippen LogP contribution < -0.4 is 5.32 Å². The molecule has 0 unspecified atom stereocenters. The van der Waals surface area contributed by atoms with Crippen LogP contribution in [0.15, 0.2) is 48.7 Å². The highest BCUT2D eigenvalue weighted by atomic mass is 35.5. The normalized spacial score (nSPS) is 11.8. The summed E-state index contributed by atoms with van der Waals surface area (Å²) < 4.78 is 5.17. The summed E-state index contributed by atoms with van der Waals surface area (Å²) in [7, 11) is 1.70. The van der Waals surface area contributed by atoms with Crippen LogP contribution >= 0.6 is 23.8 Å². The minimum Gasteiger partial charge on any atom is -0.385 e. The van der Waals surface area contributed by atoms with Crippen molar-refractivity contribution in [3.8, 4) is 0 Å². The summed E-state index contributed by atoms with van der Waals surface area (Å²) in [6.07, 6.45) is 2.67. The van der Waals surface area contributed by atoms with Crippen LogP contribution in [0.5, 0.6) is 0 Å². The summed E-state index contributed by atoms with van der Waals surface area (Å²) in [5, 5.41) is 4.51. The molecule has 0 aliphatic rings. The van der Waals surface area contributed by atoms with Gasteiger partial charge in [0.1, 0.15) is 0 Å². The lowest BCUT2D eigenvalue weighted by molar-refractivity contribution is 0.181. The van der Waals surface area contributed by atoms with Gasteiger partial charge in [0.25, 0.3) is 0 Å². The van der Waals surface area contributed by atoms with Crippen LogP contribution in [0.25, 0.3) is 0 Å². The fraction of sp³-hybridized carbons (Fsp3) is 0.333. The number of pyridine rings is 1. The number of anilines is 1. The van der Waals surface area contributed by atoms with Crippen LogP contribution in [0.1, 0.15) is 25.1 Å². The van der Waals surface area contributed by atoms with Crippen molar-refractivity contribution >= 4 is 34.6 Å². The van der Waals surface area contributed by atoms with Crippen molar-refractivity contribution in [2.45, 2.75) is 19.4 Å². The molecule has 0 saturated heterocycles. The molecule has 6 heteroatoms. The molecule has 1 atom stereocenters. The molecule has 1 heterocycles. The molecule has 4 nitrogen and oxygen atoms in total. The Kier molecular flexibility index (Phi) is 7.43. The molecule has 1 aromatic heterocycles. The number of nitrogens with zero attached hydrogens (tertiary/aromatic N) is 2. The van der Waals surface area contributed by atoms with E-state index in [1.54, 1.807) is 13.3 Å². The van der Waals surface area contributed by atoms with Crippen molar-refractivity contribution in [3.63, 3.8) is 0 Å². The van der Waals surface area contributed by atoms with Crippen LogP contribution in [0.2, 0.25) is 5.02 Å². The Morgan fingerprint density at radius 2 is 2.04 bits per heavy atom. The Hall–Kier alpha value is -1.69. The lowest BCUT2D eigenvalue weighted by Crippen LogP contribution is -2.38. The molecule has 0 radical (unpaired) electrons. The van der Waals surface area contributed by atoms with Gasteiger partial charge in [-0.2, -0.15) is 0 Å². The number of rotatable bonds is 7. The van der Waals surface area contributed by atoms with Crippen molar-refractivity contribution in [1.29, 1.82) is 0 Å². The predicted molar refractivity (Wildman–Crippen MR) is 104 cm³/mol. The van der Waals surface area contributed by atoms with Crippen molar-refractivity contribution in [3.05, 3.63) is 59.4 Å². The minimum atomic E-state index is 0.0468. The van der Waals surface area contributed by atoms with Gasteiger partial charge in [-0.05, 0) is 49.8 Å². The highest BCUT2D eigenvalue weighted by Gasteiger charge is 2.20. The maximum Gasteiger partial charge on any atom is 0.174 e. The van der Waals surface area contributed by atoms with Gasteiger partial charge in [0.05, 0.1) is 22.4 Å². The highest BCUT2D eigenvalue weighted by molar-refractivity contribution is 7.80. The zero-order valence-corrected chi connectivity index (χ0v) is 15.5. The first-order chi connectivity index (χ1) is 11.6. The van der Waals surface area contributed by atoms with E-state index in [0.717, 1.165) is 24.3 Å². The van der Waals surface area contributed by atoms with Gasteiger partial charge < -0.3 is 15.0 Å². The Balaban J connectivity index is 2.15. The van der Waals surface area contributed by atoms with Crippen molar-refractivity contribution < 1.29 is 4.74 Å². The third-order valence-electron chi connectivity index (χ3n) is 3.71. The molecule has 0 aliphatic heterocycles. The topological polar surface area (TPSA) is 37.4 Å². The quantitative estimate of drug-likeness (QED) is 0.577. The lowest BCUT2D eigenvalue weighted by Gasteiger charge is -2.31. The van der Waals surface area contributed by atoms with Crippen LogP contribution in [-0.2, 0) is 4.74 Å². The molecule has 0 saturated carbocycles. The average molecular weight is 364 g/mol. The molecule has 2 aromatic rings. The van der Waals surface area contributed by atoms with E-state index >= 15 is 0 Å². The van der Waals surface area contributed by atoms with Gasteiger partial charge >= 0.3 is 0 Å². The highest BCUT2D eigenvalue weighted by Crippen LogP contribution is 2.24. The smallest absolute Gasteiger partial charge is 0.174 e. The van der Waals surface area contributed by atoms with Gasteiger partial charge in [0, 0.05) is 26.5 Å². The second-order valence-corrected chi connectivity index (χ2v) is 6.17. The summed E-state index contributed by atoms with van der Waals surface area (Å²) in [6, 6.07) is 13.5. The van der Waals surface area contributed by atoms with Crippen LogP contribution in [0.3, 0.4) is 0 Å². The SMILES string of the molecule is COCCCN(C(=S)Nc1ccccc1Cl)[C@@H](C)c1ccccn1. The Bertz CT molecular complexity index is 654. The van der Waals surface area contributed by atoms with E-state index in [0.29, 0.717) is 16.7 Å². The number of aromatic nitrogens is 1. The number of benzene rings is 1. The summed E-state index contributed by atoms with van der Waals surface area (Å²) in [5.74, 6) is 0. The van der Waals surface area contributed by atoms with Crippen molar-refractivity contribution in [1.82, 2.24) is 9.88 Å². The van der Waals surface area contributed by atoms with E-state index < -0.39 is 0 Å². The van der Waals surface area contributed by atoms with Gasteiger partial charge in [-0.15, -0.1) is 0 Å². The maximum atomic E-state index is 6.22. The number of hydrogen-bond donors (Lipinski definition) is 1. The van der Waals surface area contributed by atoms with Gasteiger partial charge in [0.15, 0.2) is 5.11 Å². The molecule has 0 amide bonds. The maximum absolute atomic E-state index is 6.22. The van der Waals surface area contributed by atoms with Gasteiger partial charge in [-0.3, -0.25) is 4.98 Å². The number of para-hydroxylation sites is 1. The monoisotopic (exact) mass is 363 g/mol. The van der Waals surface area contributed by atoms with Crippen molar-refractivity contribution in [2.75, 3.05) is 25.6 Å². The number of halogens is 1. The number of ether oxygens (including phenoxy) is 1. The fourth-order valence-corrected chi connectivity index (χ4v) is 2.92. The molecule has 0 fully saturated rings. The first-order valence-corrected chi connectivity index (χ1v) is 8.64. The molecule has 1 aromatic carbocycles. The van der Waals surface area contributed by atoms with Crippen LogP contribution in [-0.4, -0.2) is 35.3 Å². The Morgan fingerprint density at radius 3 is 2.71 bits per heavy atom. The van der Waals surface area contributed by atoms with Crippen LogP contribution in [0, 0.1) is 0 Å². The van der Waals surface area contributed by atoms with Crippen LogP contribution in [0.4, 0.5) is 5.69 Å². The third-order valence-corrected chi connectivity index (χ3v) is 4.37. The summed E-state index contributed by atoms with van der Waals surface area (Å²) in [6.45, 7) is 3.54. The van der Waals surface area contributed by atoms with E-state index in [-0.39, 0.29) is 6.04 Å². The van der Waals surface area contributed by atoms with Gasteiger partial charge in [-0.25, -0.2) is 0 Å². The third kappa shape index (κ3) is 5.16. The largest absolute Gasteiger partial charge is 0.385 e. The number of nitrogens with one attached hydrogen (secondary N) is 1. The number of thiocarbonyl (C=S) groups is 1. The number of methoxy groups -OCH3 is 1.